The fraction of sp³-hybridized carbons (Fsp3) is 0.810. The molecule has 0 amide bonds. The van der Waals surface area contributed by atoms with E-state index in [2.05, 4.69) is 96.9 Å². The molecule has 288 valence electrons. The summed E-state index contributed by atoms with van der Waals surface area (Å²) in [5.74, 6) is 0.921. The molecule has 10 heteroatoms. The number of imidazole rings is 1. The van der Waals surface area contributed by atoms with Crippen molar-refractivity contribution >= 4 is 5.97 Å². The second-order valence-electron chi connectivity index (χ2n) is 20.5. The summed E-state index contributed by atoms with van der Waals surface area (Å²) in [6, 6.07) is -0.129. The van der Waals surface area contributed by atoms with Gasteiger partial charge in [-0.1, -0.05) is 80.9 Å². The van der Waals surface area contributed by atoms with Crippen LogP contribution in [0.25, 0.3) is 11.5 Å². The summed E-state index contributed by atoms with van der Waals surface area (Å²) in [5.41, 5.74) is 7.12. The van der Waals surface area contributed by atoms with Crippen LogP contribution in [-0.4, -0.2) is 67.3 Å². The number of aromatic amines is 1. The van der Waals surface area contributed by atoms with E-state index in [0.717, 1.165) is 50.0 Å². The molecule has 4 aliphatic carbocycles. The van der Waals surface area contributed by atoms with Gasteiger partial charge in [-0.15, -0.1) is 0 Å². The van der Waals surface area contributed by atoms with Crippen molar-refractivity contribution in [3.05, 3.63) is 30.5 Å². The topological polar surface area (TPSA) is 141 Å². The first kappa shape index (κ1) is 37.7. The number of carbonyl (C=O) groups is 1. The lowest BCUT2D eigenvalue weighted by molar-refractivity contribution is -0.255. The molecule has 12 atom stereocenters. The van der Waals surface area contributed by atoms with E-state index in [9.17, 15) is 9.90 Å². The molecule has 10 nitrogen and oxygen atoms in total. The third-order valence-corrected chi connectivity index (χ3v) is 16.9. The number of hydrogen-bond donors (Lipinski definition) is 3. The van der Waals surface area contributed by atoms with Gasteiger partial charge in [-0.25, -0.2) is 14.6 Å². The predicted octanol–water partition coefficient (Wildman–Crippen LogP) is 7.95. The highest BCUT2D eigenvalue weighted by molar-refractivity contribution is 5.73. The van der Waals surface area contributed by atoms with Crippen LogP contribution in [0.4, 0.5) is 0 Å². The lowest BCUT2D eigenvalue weighted by atomic mass is 9.34. The Hall–Kier alpha value is -2.56. The first-order valence-electron chi connectivity index (χ1n) is 20.0. The molecule has 2 aromatic rings. The van der Waals surface area contributed by atoms with Gasteiger partial charge < -0.3 is 25.3 Å². The van der Waals surface area contributed by atoms with Crippen LogP contribution in [0.3, 0.4) is 0 Å². The molecule has 0 aromatic carbocycles. The van der Waals surface area contributed by atoms with Crippen LogP contribution in [0, 0.1) is 62.1 Å². The number of nitrogens with two attached hydrogens (primary N) is 1. The molecule has 4 N–H and O–H groups in total. The number of fused-ring (bicyclic) bond motifs is 3. The summed E-state index contributed by atoms with van der Waals surface area (Å²) in [6.07, 6.45) is 12.9. The maximum Gasteiger partial charge on any atom is 0.307 e. The number of aliphatic carboxylic acids is 1. The number of carboxylic acids is 1. The Balaban J connectivity index is 1.40. The fourth-order valence-corrected chi connectivity index (χ4v) is 12.6. The van der Waals surface area contributed by atoms with Gasteiger partial charge in [0.05, 0.1) is 50.4 Å². The zero-order valence-corrected chi connectivity index (χ0v) is 33.8. The van der Waals surface area contributed by atoms with Crippen molar-refractivity contribution in [3.8, 4) is 11.5 Å². The number of aromatic nitrogens is 5. The van der Waals surface area contributed by atoms with E-state index in [4.69, 9.17) is 25.3 Å². The fourth-order valence-electron chi connectivity index (χ4n) is 12.6. The first-order valence-corrected chi connectivity index (χ1v) is 20.0. The van der Waals surface area contributed by atoms with Gasteiger partial charge in [0.25, 0.3) is 0 Å². The summed E-state index contributed by atoms with van der Waals surface area (Å²) in [7, 11) is 0. The number of H-pyrrole nitrogens is 1. The molecule has 2 aromatic heterocycles. The molecule has 3 saturated carbocycles. The summed E-state index contributed by atoms with van der Waals surface area (Å²) >= 11 is 0. The second-order valence-corrected chi connectivity index (χ2v) is 20.5. The minimum Gasteiger partial charge on any atom is -0.481 e. The van der Waals surface area contributed by atoms with E-state index >= 15 is 0 Å². The van der Waals surface area contributed by atoms with E-state index in [-0.39, 0.29) is 39.7 Å². The maximum atomic E-state index is 13.6. The van der Waals surface area contributed by atoms with Crippen molar-refractivity contribution in [2.45, 2.75) is 132 Å². The Morgan fingerprint density at radius 1 is 1.12 bits per heavy atom. The van der Waals surface area contributed by atoms with Crippen LogP contribution in [0.1, 0.15) is 121 Å². The second kappa shape index (κ2) is 12.2. The monoisotopic (exact) mass is 719 g/mol. The van der Waals surface area contributed by atoms with Crippen LogP contribution < -0.4 is 5.73 Å². The van der Waals surface area contributed by atoms with Gasteiger partial charge in [0, 0.05) is 11.0 Å². The third-order valence-electron chi connectivity index (χ3n) is 16.9. The summed E-state index contributed by atoms with van der Waals surface area (Å²) in [5, 5.41) is 16.1. The number of ether oxygens (including phenoxy) is 2. The molecule has 52 heavy (non-hydrogen) atoms. The largest absolute Gasteiger partial charge is 0.481 e. The van der Waals surface area contributed by atoms with Crippen molar-refractivity contribution in [3.63, 3.8) is 0 Å². The maximum absolute atomic E-state index is 13.6. The van der Waals surface area contributed by atoms with E-state index in [1.54, 1.807) is 18.9 Å². The Bertz CT molecular complexity index is 1690. The molecule has 5 aliphatic rings. The highest BCUT2D eigenvalue weighted by Gasteiger charge is 2.73. The van der Waals surface area contributed by atoms with Crippen molar-refractivity contribution < 1.29 is 19.4 Å². The Morgan fingerprint density at radius 2 is 1.85 bits per heavy atom. The Kier molecular flexibility index (Phi) is 8.87. The van der Waals surface area contributed by atoms with Gasteiger partial charge in [-0.3, -0.25) is 4.79 Å². The number of nitrogens with one attached hydrogen (secondary N) is 1. The molecule has 0 unspecified atom stereocenters. The average molecular weight is 719 g/mol. The quantitative estimate of drug-likeness (QED) is 0.234. The van der Waals surface area contributed by atoms with Gasteiger partial charge in [0.1, 0.15) is 12.0 Å². The van der Waals surface area contributed by atoms with Crippen LogP contribution in [-0.2, 0) is 14.3 Å². The van der Waals surface area contributed by atoms with Gasteiger partial charge in [-0.05, 0) is 96.2 Å². The minimum absolute atomic E-state index is 0.120. The molecule has 7 rings (SSSR count). The van der Waals surface area contributed by atoms with Gasteiger partial charge in [-0.2, -0.15) is 5.10 Å². The Labute approximate surface area is 311 Å². The normalized spacial score (nSPS) is 42.0. The summed E-state index contributed by atoms with van der Waals surface area (Å²) in [6.45, 7) is 26.5. The molecule has 1 saturated heterocycles. The van der Waals surface area contributed by atoms with Crippen LogP contribution in [0.2, 0.25) is 0 Å². The summed E-state index contributed by atoms with van der Waals surface area (Å²) < 4.78 is 16.3. The van der Waals surface area contributed by atoms with Crippen molar-refractivity contribution in [1.82, 2.24) is 24.7 Å². The molecular formula is C42H66N6O4. The van der Waals surface area contributed by atoms with Crippen LogP contribution >= 0.6 is 0 Å². The molecule has 3 heterocycles. The number of carboxylic acid groups (broad SMARTS) is 1. The van der Waals surface area contributed by atoms with Crippen LogP contribution in [0.15, 0.2) is 30.5 Å². The highest BCUT2D eigenvalue weighted by Crippen LogP contribution is 2.75. The molecule has 4 fully saturated rings. The van der Waals surface area contributed by atoms with Gasteiger partial charge >= 0.3 is 5.97 Å². The number of nitrogens with zero attached hydrogens (tertiary/aromatic N) is 4. The summed E-state index contributed by atoms with van der Waals surface area (Å²) in [4.78, 5) is 26.0. The van der Waals surface area contributed by atoms with Crippen molar-refractivity contribution in [1.29, 1.82) is 0 Å². The van der Waals surface area contributed by atoms with E-state index in [1.807, 2.05) is 0 Å². The highest BCUT2D eigenvalue weighted by atomic mass is 16.5. The number of hydrogen-bond acceptors (Lipinski definition) is 7. The van der Waals surface area contributed by atoms with Crippen molar-refractivity contribution in [2.75, 3.05) is 19.8 Å². The predicted molar refractivity (Wildman–Crippen MR) is 202 cm³/mol. The zero-order chi connectivity index (χ0) is 37.9. The lowest BCUT2D eigenvalue weighted by Gasteiger charge is -2.71. The minimum atomic E-state index is -0.637. The van der Waals surface area contributed by atoms with E-state index in [1.165, 1.54) is 5.57 Å². The van der Waals surface area contributed by atoms with Crippen LogP contribution in [0.5, 0.6) is 0 Å². The zero-order valence-electron chi connectivity index (χ0n) is 33.8. The average Bonchev–Trinajstić information content (AvgIpc) is 3.76. The van der Waals surface area contributed by atoms with Gasteiger partial charge in [0.2, 0.25) is 0 Å². The van der Waals surface area contributed by atoms with E-state index < -0.39 is 28.3 Å². The third kappa shape index (κ3) is 5.11. The number of allylic oxidation sites excluding steroid dienone is 1. The molecular weight excluding hydrogens is 652 g/mol. The standard InChI is InChI=1S/C42H66N6O4/c1-25(2)26(3)38(8)16-17-39(9)27-12-13-31-37(7)18-30(48-34(46-24-47-48)29-19-44-23-45-29)33(52-21-41(11,43)36(4,5)6)42(31,22-51-20-37)28(27)14-15-40(39,10)32(38)35(49)50/h14,19,23-27,30-33H,12-13,15-18,20-22,43H2,1-11H3,(H,44,45)(H,49,50)/t26-,27+,30-,31-,32-,33+,37-,38-,39-,40+,41+,42+/m1/s1. The Morgan fingerprint density at radius 3 is 2.48 bits per heavy atom. The first-order chi connectivity index (χ1) is 24.2. The van der Waals surface area contributed by atoms with Crippen molar-refractivity contribution in [2.24, 2.45) is 67.8 Å². The molecule has 1 aliphatic heterocycles. The van der Waals surface area contributed by atoms with E-state index in [0.29, 0.717) is 37.6 Å². The smallest absolute Gasteiger partial charge is 0.307 e. The van der Waals surface area contributed by atoms with Gasteiger partial charge in [0.15, 0.2) is 5.82 Å². The SMILES string of the molecule is CC(C)[C@@H](C)[C@@]1(C)CC[C@]2(C)[C@H]3CC[C@@H]4[C@@]5(C)COC[C@@]4(C3=CC[C@@]2(C)[C@@H]1C(=O)O)[C@@H](OC[C@](C)(N)C(C)(C)C)[C@H](n1ncnc1-c1cnc[nH]1)C5. The molecule has 0 spiro atoms. The molecule has 0 radical (unpaired) electrons. The number of rotatable bonds is 8. The molecule has 2 bridgehead atoms. The lowest BCUT2D eigenvalue weighted by Crippen LogP contribution is -2.70.